The molecule has 1 saturated carbocycles. The molecule has 2 heteroatoms. The number of nitrogens with one attached hydrogen (secondary N) is 1. The van der Waals surface area contributed by atoms with E-state index in [2.05, 4.69) is 31.1 Å². The zero-order valence-electron chi connectivity index (χ0n) is 15.0. The fourth-order valence-electron chi connectivity index (χ4n) is 3.79. The Morgan fingerprint density at radius 2 is 1.38 bits per heavy atom. The second kappa shape index (κ2) is 12.5. The molecule has 0 bridgehead atoms. The zero-order valence-corrected chi connectivity index (χ0v) is 15.0. The fourth-order valence-corrected chi connectivity index (χ4v) is 3.79. The minimum Gasteiger partial charge on any atom is -0.312 e. The van der Waals surface area contributed by atoms with Crippen molar-refractivity contribution in [3.63, 3.8) is 0 Å². The molecule has 0 aromatic carbocycles. The standard InChI is InChI=1S/C19H40N2/c1-4-16-20-18-14-12-10-8-6-7-9-11-13-15-19(18)21(3)17-5-2/h18-20H,4-17H2,1-3H3. The van der Waals surface area contributed by atoms with E-state index in [0.29, 0.717) is 6.04 Å². The van der Waals surface area contributed by atoms with Gasteiger partial charge < -0.3 is 10.2 Å². The lowest BCUT2D eigenvalue weighted by molar-refractivity contribution is 0.169. The van der Waals surface area contributed by atoms with Gasteiger partial charge in [-0.15, -0.1) is 0 Å². The van der Waals surface area contributed by atoms with Gasteiger partial charge in [0, 0.05) is 12.1 Å². The van der Waals surface area contributed by atoms with E-state index in [1.165, 1.54) is 90.1 Å². The quantitative estimate of drug-likeness (QED) is 0.743. The summed E-state index contributed by atoms with van der Waals surface area (Å²) in [5, 5.41) is 3.87. The highest BCUT2D eigenvalue weighted by Gasteiger charge is 2.24. The number of hydrogen-bond acceptors (Lipinski definition) is 2. The molecule has 0 aromatic heterocycles. The van der Waals surface area contributed by atoms with E-state index in [1.54, 1.807) is 0 Å². The Kier molecular flexibility index (Phi) is 11.3. The monoisotopic (exact) mass is 296 g/mol. The summed E-state index contributed by atoms with van der Waals surface area (Å²) in [7, 11) is 2.35. The molecule has 0 heterocycles. The van der Waals surface area contributed by atoms with Gasteiger partial charge in [0.25, 0.3) is 0 Å². The summed E-state index contributed by atoms with van der Waals surface area (Å²) >= 11 is 0. The van der Waals surface area contributed by atoms with Gasteiger partial charge in [-0.25, -0.2) is 0 Å². The summed E-state index contributed by atoms with van der Waals surface area (Å²) in [4.78, 5) is 2.64. The molecule has 0 radical (unpaired) electrons. The Bertz CT molecular complexity index is 230. The van der Waals surface area contributed by atoms with Gasteiger partial charge in [-0.2, -0.15) is 0 Å². The summed E-state index contributed by atoms with van der Waals surface area (Å²) in [6, 6.07) is 1.46. The maximum Gasteiger partial charge on any atom is 0.0246 e. The number of hydrogen-bond donors (Lipinski definition) is 1. The number of rotatable bonds is 6. The second-order valence-electron chi connectivity index (χ2n) is 7.01. The van der Waals surface area contributed by atoms with Gasteiger partial charge in [-0.05, 0) is 45.8 Å². The maximum absolute atomic E-state index is 3.87. The average Bonchev–Trinajstić information content (AvgIpc) is 2.47. The van der Waals surface area contributed by atoms with Gasteiger partial charge >= 0.3 is 0 Å². The Hall–Kier alpha value is -0.0800. The van der Waals surface area contributed by atoms with Crippen molar-refractivity contribution in [3.05, 3.63) is 0 Å². The Balaban J connectivity index is 2.62. The zero-order chi connectivity index (χ0) is 15.3. The van der Waals surface area contributed by atoms with Crippen molar-refractivity contribution in [2.75, 3.05) is 20.1 Å². The van der Waals surface area contributed by atoms with E-state index >= 15 is 0 Å². The lowest BCUT2D eigenvalue weighted by Gasteiger charge is -2.36. The molecule has 0 amide bonds. The average molecular weight is 297 g/mol. The van der Waals surface area contributed by atoms with Crippen molar-refractivity contribution in [3.8, 4) is 0 Å². The third kappa shape index (κ3) is 8.21. The highest BCUT2D eigenvalue weighted by atomic mass is 15.2. The summed E-state index contributed by atoms with van der Waals surface area (Å²) in [5.41, 5.74) is 0. The molecular formula is C19H40N2. The molecule has 1 aliphatic carbocycles. The van der Waals surface area contributed by atoms with E-state index < -0.39 is 0 Å². The molecule has 1 aliphatic rings. The van der Waals surface area contributed by atoms with Gasteiger partial charge in [0.15, 0.2) is 0 Å². The first-order valence-corrected chi connectivity index (χ1v) is 9.73. The largest absolute Gasteiger partial charge is 0.312 e. The summed E-state index contributed by atoms with van der Waals surface area (Å²) < 4.78 is 0. The van der Waals surface area contributed by atoms with E-state index in [0.717, 1.165) is 6.04 Å². The Labute approximate surface area is 134 Å². The Morgan fingerprint density at radius 1 is 0.810 bits per heavy atom. The molecule has 0 spiro atoms. The molecule has 1 fully saturated rings. The third-order valence-corrected chi connectivity index (χ3v) is 5.03. The Morgan fingerprint density at radius 3 is 1.95 bits per heavy atom. The molecule has 2 atom stereocenters. The van der Waals surface area contributed by atoms with Gasteiger partial charge in [0.2, 0.25) is 0 Å². The molecule has 1 N–H and O–H groups in total. The smallest absolute Gasteiger partial charge is 0.0246 e. The van der Waals surface area contributed by atoms with Crippen molar-refractivity contribution in [2.24, 2.45) is 0 Å². The summed E-state index contributed by atoms with van der Waals surface area (Å²) in [6.45, 7) is 7.02. The topological polar surface area (TPSA) is 15.3 Å². The van der Waals surface area contributed by atoms with Crippen LogP contribution in [0.15, 0.2) is 0 Å². The first-order chi connectivity index (χ1) is 10.3. The van der Waals surface area contributed by atoms with Crippen LogP contribution in [0.25, 0.3) is 0 Å². The van der Waals surface area contributed by atoms with Crippen molar-refractivity contribution in [2.45, 2.75) is 103 Å². The summed E-state index contributed by atoms with van der Waals surface area (Å²) in [6.07, 6.45) is 16.8. The van der Waals surface area contributed by atoms with E-state index in [-0.39, 0.29) is 0 Å². The maximum atomic E-state index is 3.87. The van der Waals surface area contributed by atoms with Crippen LogP contribution in [0.5, 0.6) is 0 Å². The molecule has 0 saturated heterocycles. The molecule has 2 nitrogen and oxygen atoms in total. The molecule has 0 aromatic rings. The van der Waals surface area contributed by atoms with E-state index in [4.69, 9.17) is 0 Å². The lowest BCUT2D eigenvalue weighted by atomic mass is 9.93. The van der Waals surface area contributed by atoms with Crippen LogP contribution >= 0.6 is 0 Å². The fraction of sp³-hybridized carbons (Fsp3) is 1.00. The minimum atomic E-state index is 0.709. The van der Waals surface area contributed by atoms with Crippen molar-refractivity contribution < 1.29 is 0 Å². The lowest BCUT2D eigenvalue weighted by Crippen LogP contribution is -2.49. The predicted octanol–water partition coefficient (Wildman–Crippen LogP) is 4.98. The van der Waals surface area contributed by atoms with Gasteiger partial charge in [-0.1, -0.05) is 65.2 Å². The van der Waals surface area contributed by atoms with Crippen molar-refractivity contribution in [1.82, 2.24) is 10.2 Å². The molecule has 2 unspecified atom stereocenters. The first kappa shape index (κ1) is 19.0. The van der Waals surface area contributed by atoms with Gasteiger partial charge in [-0.3, -0.25) is 0 Å². The van der Waals surface area contributed by atoms with Crippen LogP contribution in [0.4, 0.5) is 0 Å². The van der Waals surface area contributed by atoms with Crippen molar-refractivity contribution >= 4 is 0 Å². The molecular weight excluding hydrogens is 256 g/mol. The normalized spacial score (nSPS) is 26.3. The molecule has 21 heavy (non-hydrogen) atoms. The molecule has 0 aliphatic heterocycles. The van der Waals surface area contributed by atoms with Crippen LogP contribution in [-0.2, 0) is 0 Å². The van der Waals surface area contributed by atoms with Crippen LogP contribution in [0, 0.1) is 0 Å². The number of likely N-dealkylation sites (N-methyl/N-ethyl adjacent to an activating group) is 1. The second-order valence-corrected chi connectivity index (χ2v) is 7.01. The van der Waals surface area contributed by atoms with E-state index in [1.807, 2.05) is 0 Å². The highest BCUT2D eigenvalue weighted by molar-refractivity contribution is 4.83. The van der Waals surface area contributed by atoms with Crippen LogP contribution < -0.4 is 5.32 Å². The third-order valence-electron chi connectivity index (χ3n) is 5.03. The summed E-state index contributed by atoms with van der Waals surface area (Å²) in [5.74, 6) is 0. The van der Waals surface area contributed by atoms with Crippen LogP contribution in [0.1, 0.15) is 90.9 Å². The SMILES string of the molecule is CCCNC1CCCCCCCCCCC1N(C)CCC. The molecule has 126 valence electrons. The first-order valence-electron chi connectivity index (χ1n) is 9.73. The van der Waals surface area contributed by atoms with Gasteiger partial charge in [0.05, 0.1) is 0 Å². The minimum absolute atomic E-state index is 0.709. The highest BCUT2D eigenvalue weighted by Crippen LogP contribution is 2.20. The van der Waals surface area contributed by atoms with Crippen LogP contribution in [-0.4, -0.2) is 37.1 Å². The van der Waals surface area contributed by atoms with Crippen LogP contribution in [0.3, 0.4) is 0 Å². The van der Waals surface area contributed by atoms with E-state index in [9.17, 15) is 0 Å². The van der Waals surface area contributed by atoms with Gasteiger partial charge in [0.1, 0.15) is 0 Å². The van der Waals surface area contributed by atoms with Crippen molar-refractivity contribution in [1.29, 1.82) is 0 Å². The number of nitrogens with zero attached hydrogens (tertiary/aromatic N) is 1. The predicted molar refractivity (Wildman–Crippen MR) is 95.0 cm³/mol. The van der Waals surface area contributed by atoms with Crippen LogP contribution in [0.2, 0.25) is 0 Å². The molecule has 1 rings (SSSR count).